The molecule has 0 spiro atoms. The highest BCUT2D eigenvalue weighted by Gasteiger charge is 2.10. The highest BCUT2D eigenvalue weighted by atomic mass is 16.1. The summed E-state index contributed by atoms with van der Waals surface area (Å²) in [5.74, 6) is 0.606. The van der Waals surface area contributed by atoms with Crippen molar-refractivity contribution in [2.24, 2.45) is 5.92 Å². The summed E-state index contributed by atoms with van der Waals surface area (Å²) in [7, 11) is 0. The second kappa shape index (κ2) is 8.57. The van der Waals surface area contributed by atoms with Crippen molar-refractivity contribution < 1.29 is 4.79 Å². The summed E-state index contributed by atoms with van der Waals surface area (Å²) in [6.07, 6.45) is 1.01. The van der Waals surface area contributed by atoms with Gasteiger partial charge in [0.15, 0.2) is 0 Å². The van der Waals surface area contributed by atoms with Crippen LogP contribution in [0.3, 0.4) is 0 Å². The second-order valence-electron chi connectivity index (χ2n) is 2.96. The molecule has 1 unspecified atom stereocenters. The maximum atomic E-state index is 10.6. The number of hydrogen-bond donors (Lipinski definition) is 1. The van der Waals surface area contributed by atoms with E-state index in [9.17, 15) is 4.79 Å². The van der Waals surface area contributed by atoms with E-state index in [0.29, 0.717) is 12.0 Å². The zero-order valence-electron chi connectivity index (χ0n) is 9.27. The largest absolute Gasteiger partial charge is 0.353 e. The molecule has 0 aromatic carbocycles. The molecule has 0 aliphatic carbocycles. The zero-order valence-corrected chi connectivity index (χ0v) is 9.27. The SMILES string of the molecule is CC.CCC(NC(C)=O)C(C)C. The fourth-order valence-corrected chi connectivity index (χ4v) is 1.00. The molecule has 1 amide bonds. The summed E-state index contributed by atoms with van der Waals surface area (Å²) in [5.41, 5.74) is 0. The Morgan fingerprint density at radius 2 is 1.75 bits per heavy atom. The van der Waals surface area contributed by atoms with E-state index < -0.39 is 0 Å². The fourth-order valence-electron chi connectivity index (χ4n) is 1.00. The van der Waals surface area contributed by atoms with Crippen molar-refractivity contribution in [3.63, 3.8) is 0 Å². The molecule has 74 valence electrons. The van der Waals surface area contributed by atoms with Crippen molar-refractivity contribution in [3.05, 3.63) is 0 Å². The van der Waals surface area contributed by atoms with E-state index >= 15 is 0 Å². The number of rotatable bonds is 3. The van der Waals surface area contributed by atoms with Crippen molar-refractivity contribution in [2.45, 2.75) is 54.0 Å². The average molecular weight is 173 g/mol. The fraction of sp³-hybridized carbons (Fsp3) is 0.900. The summed E-state index contributed by atoms with van der Waals surface area (Å²) in [5, 5.41) is 2.89. The van der Waals surface area contributed by atoms with Crippen LogP contribution in [0.4, 0.5) is 0 Å². The van der Waals surface area contributed by atoms with Gasteiger partial charge in [-0.05, 0) is 12.3 Å². The van der Waals surface area contributed by atoms with E-state index in [1.807, 2.05) is 13.8 Å². The highest BCUT2D eigenvalue weighted by Crippen LogP contribution is 2.04. The van der Waals surface area contributed by atoms with E-state index in [4.69, 9.17) is 0 Å². The Bertz CT molecular complexity index is 110. The van der Waals surface area contributed by atoms with Crippen molar-refractivity contribution in [1.29, 1.82) is 0 Å². The lowest BCUT2D eigenvalue weighted by Gasteiger charge is -2.19. The van der Waals surface area contributed by atoms with E-state index in [-0.39, 0.29) is 5.91 Å². The van der Waals surface area contributed by atoms with Crippen LogP contribution in [0.25, 0.3) is 0 Å². The van der Waals surface area contributed by atoms with Gasteiger partial charge in [0.05, 0.1) is 0 Å². The first-order valence-electron chi connectivity index (χ1n) is 4.85. The van der Waals surface area contributed by atoms with E-state index in [1.54, 1.807) is 6.92 Å². The van der Waals surface area contributed by atoms with Crippen LogP contribution in [0.5, 0.6) is 0 Å². The first kappa shape index (κ1) is 14.0. The number of amides is 1. The van der Waals surface area contributed by atoms with Gasteiger partial charge in [-0.1, -0.05) is 34.6 Å². The third-order valence-corrected chi connectivity index (χ3v) is 1.63. The molecular formula is C10H23NO. The Labute approximate surface area is 76.7 Å². The lowest BCUT2D eigenvalue weighted by molar-refractivity contribution is -0.120. The van der Waals surface area contributed by atoms with Gasteiger partial charge in [0.1, 0.15) is 0 Å². The van der Waals surface area contributed by atoms with Gasteiger partial charge in [0, 0.05) is 13.0 Å². The normalized spacial score (nSPS) is 11.6. The number of carbonyl (C=O) groups excluding carboxylic acids is 1. The molecular weight excluding hydrogens is 150 g/mol. The Morgan fingerprint density at radius 1 is 1.33 bits per heavy atom. The van der Waals surface area contributed by atoms with Crippen LogP contribution in [-0.2, 0) is 4.79 Å². The predicted molar refractivity (Wildman–Crippen MR) is 54.1 cm³/mol. The minimum atomic E-state index is 0.0700. The Kier molecular flexibility index (Phi) is 10.0. The zero-order chi connectivity index (χ0) is 10.1. The molecule has 0 aromatic heterocycles. The van der Waals surface area contributed by atoms with Crippen LogP contribution in [0, 0.1) is 5.92 Å². The molecule has 2 heteroatoms. The predicted octanol–water partition coefficient (Wildman–Crippen LogP) is 2.58. The van der Waals surface area contributed by atoms with Gasteiger partial charge in [-0.25, -0.2) is 0 Å². The molecule has 0 fully saturated rings. The Hall–Kier alpha value is -0.530. The third-order valence-electron chi connectivity index (χ3n) is 1.63. The van der Waals surface area contributed by atoms with Gasteiger partial charge in [0.25, 0.3) is 0 Å². The Balaban J connectivity index is 0. The van der Waals surface area contributed by atoms with Gasteiger partial charge in [-0.3, -0.25) is 4.79 Å². The van der Waals surface area contributed by atoms with Crippen LogP contribution >= 0.6 is 0 Å². The van der Waals surface area contributed by atoms with Crippen molar-refractivity contribution in [2.75, 3.05) is 0 Å². The summed E-state index contributed by atoms with van der Waals surface area (Å²) >= 11 is 0. The van der Waals surface area contributed by atoms with Crippen LogP contribution in [0.1, 0.15) is 48.0 Å². The summed E-state index contributed by atoms with van der Waals surface area (Å²) < 4.78 is 0. The maximum absolute atomic E-state index is 10.6. The van der Waals surface area contributed by atoms with E-state index in [0.717, 1.165) is 6.42 Å². The molecule has 0 saturated carbocycles. The van der Waals surface area contributed by atoms with E-state index in [1.165, 1.54) is 0 Å². The topological polar surface area (TPSA) is 29.1 Å². The molecule has 2 nitrogen and oxygen atoms in total. The molecule has 0 aliphatic rings. The lowest BCUT2D eigenvalue weighted by Crippen LogP contribution is -2.36. The summed E-state index contributed by atoms with van der Waals surface area (Å²) in [4.78, 5) is 10.6. The monoisotopic (exact) mass is 173 g/mol. The van der Waals surface area contributed by atoms with Crippen LogP contribution in [0.15, 0.2) is 0 Å². The maximum Gasteiger partial charge on any atom is 0.217 e. The second-order valence-corrected chi connectivity index (χ2v) is 2.96. The third kappa shape index (κ3) is 7.58. The highest BCUT2D eigenvalue weighted by molar-refractivity contribution is 5.73. The van der Waals surface area contributed by atoms with Crippen molar-refractivity contribution in [1.82, 2.24) is 5.32 Å². The molecule has 0 aliphatic heterocycles. The molecule has 0 bridgehead atoms. The first-order valence-corrected chi connectivity index (χ1v) is 4.85. The molecule has 0 radical (unpaired) electrons. The van der Waals surface area contributed by atoms with Crippen LogP contribution < -0.4 is 5.32 Å². The summed E-state index contributed by atoms with van der Waals surface area (Å²) in [6.45, 7) is 11.9. The lowest BCUT2D eigenvalue weighted by atomic mass is 10.0. The van der Waals surface area contributed by atoms with Gasteiger partial charge in [-0.2, -0.15) is 0 Å². The summed E-state index contributed by atoms with van der Waals surface area (Å²) in [6, 6.07) is 0.345. The molecule has 0 rings (SSSR count). The molecule has 0 heterocycles. The van der Waals surface area contributed by atoms with Gasteiger partial charge >= 0.3 is 0 Å². The minimum absolute atomic E-state index is 0.0700. The molecule has 1 N–H and O–H groups in total. The number of hydrogen-bond acceptors (Lipinski definition) is 1. The van der Waals surface area contributed by atoms with Crippen LogP contribution in [0.2, 0.25) is 0 Å². The minimum Gasteiger partial charge on any atom is -0.353 e. The first-order chi connectivity index (χ1) is 5.57. The van der Waals surface area contributed by atoms with Gasteiger partial charge < -0.3 is 5.32 Å². The standard InChI is InChI=1S/C8H17NO.C2H6/c1-5-8(6(2)3)9-7(4)10;1-2/h6,8H,5H2,1-4H3,(H,9,10);1-2H3. The Morgan fingerprint density at radius 3 is 1.83 bits per heavy atom. The average Bonchev–Trinajstić information content (AvgIpc) is 2.03. The van der Waals surface area contributed by atoms with E-state index in [2.05, 4.69) is 26.1 Å². The number of carbonyl (C=O) groups is 1. The smallest absolute Gasteiger partial charge is 0.217 e. The molecule has 0 saturated heterocycles. The molecule has 0 aromatic rings. The molecule has 12 heavy (non-hydrogen) atoms. The molecule has 1 atom stereocenters. The quantitative estimate of drug-likeness (QED) is 0.698. The van der Waals surface area contributed by atoms with Gasteiger partial charge in [0.2, 0.25) is 5.91 Å². The van der Waals surface area contributed by atoms with Crippen molar-refractivity contribution >= 4 is 5.91 Å². The van der Waals surface area contributed by atoms with Gasteiger partial charge in [-0.15, -0.1) is 0 Å². The number of nitrogens with one attached hydrogen (secondary N) is 1. The van der Waals surface area contributed by atoms with Crippen molar-refractivity contribution in [3.8, 4) is 0 Å². The van der Waals surface area contributed by atoms with Crippen LogP contribution in [-0.4, -0.2) is 11.9 Å².